The van der Waals surface area contributed by atoms with Crippen molar-refractivity contribution in [3.8, 4) is 5.75 Å². The summed E-state index contributed by atoms with van der Waals surface area (Å²) in [6.07, 6.45) is -5.54. The van der Waals surface area contributed by atoms with E-state index in [1.54, 1.807) is 6.92 Å². The molecule has 0 heterocycles. The lowest BCUT2D eigenvalue weighted by Crippen LogP contribution is -2.23. The maximum atomic E-state index is 12.8. The van der Waals surface area contributed by atoms with Crippen molar-refractivity contribution in [2.24, 2.45) is 0 Å². The quantitative estimate of drug-likeness (QED) is 0.744. The molecule has 7 heteroatoms. The molecule has 0 aromatic heterocycles. The van der Waals surface area contributed by atoms with Gasteiger partial charge in [-0.3, -0.25) is 0 Å². The predicted molar refractivity (Wildman–Crippen MR) is 64.2 cm³/mol. The van der Waals surface area contributed by atoms with Crippen molar-refractivity contribution in [3.63, 3.8) is 0 Å². The lowest BCUT2D eigenvalue weighted by atomic mass is 10.1. The summed E-state index contributed by atoms with van der Waals surface area (Å²) in [6.45, 7) is 1.24. The zero-order chi connectivity index (χ0) is 14.5. The van der Waals surface area contributed by atoms with Gasteiger partial charge in [0, 0.05) is 12.2 Å². The van der Waals surface area contributed by atoms with Crippen molar-refractivity contribution in [1.82, 2.24) is 0 Å². The van der Waals surface area contributed by atoms with E-state index in [1.165, 1.54) is 12.1 Å². The van der Waals surface area contributed by atoms with Crippen LogP contribution in [0.5, 0.6) is 5.75 Å². The maximum Gasteiger partial charge on any atom is 0.420 e. The molecule has 0 spiro atoms. The van der Waals surface area contributed by atoms with E-state index in [1.807, 2.05) is 0 Å². The molecule has 19 heavy (non-hydrogen) atoms. The minimum atomic E-state index is -4.52. The average Bonchev–Trinajstić information content (AvgIpc) is 2.36. The number of nitrogens with one attached hydrogen (secondary N) is 1. The molecular weight excluding hydrogens is 263 g/mol. The average molecular weight is 279 g/mol. The Hall–Kier alpha value is -1.47. The van der Waals surface area contributed by atoms with Crippen LogP contribution in [0.3, 0.4) is 0 Å². The summed E-state index contributed by atoms with van der Waals surface area (Å²) < 4.78 is 43.4. The Morgan fingerprint density at radius 2 is 2.05 bits per heavy atom. The van der Waals surface area contributed by atoms with Gasteiger partial charge < -0.3 is 20.3 Å². The molecular formula is C12H16F3NO3. The number of aliphatic hydroxyl groups excluding tert-OH is 2. The first-order valence-electron chi connectivity index (χ1n) is 5.75. The van der Waals surface area contributed by atoms with E-state index in [0.717, 1.165) is 6.07 Å². The van der Waals surface area contributed by atoms with Crippen LogP contribution >= 0.6 is 0 Å². The van der Waals surface area contributed by atoms with Gasteiger partial charge in [-0.2, -0.15) is 13.2 Å². The van der Waals surface area contributed by atoms with E-state index in [9.17, 15) is 13.2 Å². The van der Waals surface area contributed by atoms with Crippen molar-refractivity contribution < 1.29 is 28.1 Å². The highest BCUT2D eigenvalue weighted by Gasteiger charge is 2.34. The molecule has 1 unspecified atom stereocenters. The molecule has 0 aliphatic rings. The van der Waals surface area contributed by atoms with Crippen LogP contribution < -0.4 is 10.1 Å². The number of alkyl halides is 3. The van der Waals surface area contributed by atoms with Gasteiger partial charge >= 0.3 is 6.18 Å². The first-order chi connectivity index (χ1) is 8.88. The predicted octanol–water partition coefficient (Wildman–Crippen LogP) is 1.87. The van der Waals surface area contributed by atoms with Gasteiger partial charge in [0.25, 0.3) is 0 Å². The summed E-state index contributed by atoms with van der Waals surface area (Å²) in [5.41, 5.74) is -0.680. The van der Waals surface area contributed by atoms with Crippen LogP contribution in [0.4, 0.5) is 18.9 Å². The normalized spacial score (nSPS) is 13.2. The Morgan fingerprint density at radius 3 is 2.58 bits per heavy atom. The van der Waals surface area contributed by atoms with Gasteiger partial charge in [-0.15, -0.1) is 0 Å². The summed E-state index contributed by atoms with van der Waals surface area (Å²) in [7, 11) is 0. The Balaban J connectivity index is 2.92. The van der Waals surface area contributed by atoms with Crippen LogP contribution in [-0.4, -0.2) is 36.1 Å². The maximum absolute atomic E-state index is 12.8. The van der Waals surface area contributed by atoms with Gasteiger partial charge in [0.2, 0.25) is 0 Å². The molecule has 0 amide bonds. The van der Waals surface area contributed by atoms with Gasteiger partial charge in [-0.25, -0.2) is 0 Å². The number of benzene rings is 1. The number of hydrogen-bond acceptors (Lipinski definition) is 4. The summed E-state index contributed by atoms with van der Waals surface area (Å²) in [6, 6.07) is 3.55. The van der Waals surface area contributed by atoms with E-state index in [4.69, 9.17) is 14.9 Å². The smallest absolute Gasteiger partial charge is 0.420 e. The van der Waals surface area contributed by atoms with Crippen molar-refractivity contribution >= 4 is 5.69 Å². The fraction of sp³-hybridized carbons (Fsp3) is 0.500. The molecule has 1 rings (SSSR count). The van der Waals surface area contributed by atoms with Crippen LogP contribution in [-0.2, 0) is 6.18 Å². The van der Waals surface area contributed by atoms with Gasteiger partial charge in [-0.05, 0) is 25.1 Å². The van der Waals surface area contributed by atoms with Crippen molar-refractivity contribution in [2.45, 2.75) is 19.2 Å². The van der Waals surface area contributed by atoms with Gasteiger partial charge in [0.15, 0.2) is 0 Å². The Kier molecular flexibility index (Phi) is 5.44. The largest absolute Gasteiger partial charge is 0.493 e. The SMILES string of the molecule is CCOc1ccc(NCC(O)CO)cc1C(F)(F)F. The Labute approximate surface area is 108 Å². The molecule has 1 aromatic rings. The Morgan fingerprint density at radius 1 is 1.37 bits per heavy atom. The molecule has 108 valence electrons. The molecule has 0 aliphatic heterocycles. The number of hydrogen-bond donors (Lipinski definition) is 3. The topological polar surface area (TPSA) is 61.7 Å². The van der Waals surface area contributed by atoms with E-state index >= 15 is 0 Å². The monoisotopic (exact) mass is 279 g/mol. The van der Waals surface area contributed by atoms with Crippen molar-refractivity contribution in [3.05, 3.63) is 23.8 Å². The second-order valence-corrected chi connectivity index (χ2v) is 3.86. The number of rotatable bonds is 6. The van der Waals surface area contributed by atoms with Gasteiger partial charge in [-0.1, -0.05) is 0 Å². The molecule has 0 aliphatic carbocycles. The zero-order valence-corrected chi connectivity index (χ0v) is 10.4. The Bertz CT molecular complexity index is 410. The van der Waals surface area contributed by atoms with Crippen LogP contribution in [0.1, 0.15) is 12.5 Å². The van der Waals surface area contributed by atoms with Crippen LogP contribution in [0.25, 0.3) is 0 Å². The zero-order valence-electron chi connectivity index (χ0n) is 10.4. The summed E-state index contributed by atoms with van der Waals surface area (Å²) >= 11 is 0. The second kappa shape index (κ2) is 6.63. The number of aliphatic hydroxyl groups is 2. The van der Waals surface area contributed by atoms with Crippen molar-refractivity contribution in [2.75, 3.05) is 25.1 Å². The number of anilines is 1. The van der Waals surface area contributed by atoms with Gasteiger partial charge in [0.05, 0.1) is 24.9 Å². The van der Waals surface area contributed by atoms with Crippen LogP contribution in [0, 0.1) is 0 Å². The summed E-state index contributed by atoms with van der Waals surface area (Å²) in [5, 5.41) is 20.4. The highest BCUT2D eigenvalue weighted by molar-refractivity contribution is 5.52. The van der Waals surface area contributed by atoms with E-state index < -0.39 is 24.5 Å². The van der Waals surface area contributed by atoms with Crippen LogP contribution in [0.2, 0.25) is 0 Å². The molecule has 1 atom stereocenters. The number of halogens is 3. The molecule has 0 bridgehead atoms. The molecule has 0 radical (unpaired) electrons. The van der Waals surface area contributed by atoms with Crippen LogP contribution in [0.15, 0.2) is 18.2 Å². The summed E-state index contributed by atoms with van der Waals surface area (Å²) in [4.78, 5) is 0. The van der Waals surface area contributed by atoms with E-state index in [2.05, 4.69) is 5.32 Å². The number of ether oxygens (including phenoxy) is 1. The third kappa shape index (κ3) is 4.60. The second-order valence-electron chi connectivity index (χ2n) is 3.86. The van der Waals surface area contributed by atoms with E-state index in [0.29, 0.717) is 0 Å². The molecule has 0 saturated heterocycles. The minimum Gasteiger partial charge on any atom is -0.493 e. The van der Waals surface area contributed by atoms with Crippen molar-refractivity contribution in [1.29, 1.82) is 0 Å². The molecule has 1 aromatic carbocycles. The first-order valence-corrected chi connectivity index (χ1v) is 5.75. The third-order valence-electron chi connectivity index (χ3n) is 2.34. The fourth-order valence-electron chi connectivity index (χ4n) is 1.44. The summed E-state index contributed by atoms with van der Waals surface area (Å²) in [5.74, 6) is -0.233. The molecule has 0 saturated carbocycles. The van der Waals surface area contributed by atoms with E-state index in [-0.39, 0.29) is 24.6 Å². The lowest BCUT2D eigenvalue weighted by Gasteiger charge is -2.16. The first kappa shape index (κ1) is 15.6. The fourth-order valence-corrected chi connectivity index (χ4v) is 1.44. The molecule has 3 N–H and O–H groups in total. The highest BCUT2D eigenvalue weighted by Crippen LogP contribution is 2.37. The molecule has 4 nitrogen and oxygen atoms in total. The highest BCUT2D eigenvalue weighted by atomic mass is 19.4. The minimum absolute atomic E-state index is 0.0399. The third-order valence-corrected chi connectivity index (χ3v) is 2.34. The molecule has 0 fully saturated rings. The van der Waals surface area contributed by atoms with Gasteiger partial charge in [0.1, 0.15) is 5.75 Å². The lowest BCUT2D eigenvalue weighted by molar-refractivity contribution is -0.138. The standard InChI is InChI=1S/C12H16F3NO3/c1-2-19-11-4-3-8(16-6-9(18)7-17)5-10(11)12(13,14)15/h3-5,9,16-18H,2,6-7H2,1H3.